The zero-order valence-corrected chi connectivity index (χ0v) is 15.8. The van der Waals surface area contributed by atoms with E-state index in [4.69, 9.17) is 0 Å². The van der Waals surface area contributed by atoms with Crippen LogP contribution in [0.15, 0.2) is 0 Å². The van der Waals surface area contributed by atoms with Crippen molar-refractivity contribution < 1.29 is 144 Å². The van der Waals surface area contributed by atoms with Crippen molar-refractivity contribution in [1.29, 1.82) is 0 Å². The number of hydrogen-bond acceptors (Lipinski definition) is 4. The van der Waals surface area contributed by atoms with E-state index in [-0.39, 0.29) is 133 Å². The van der Waals surface area contributed by atoms with Crippen LogP contribution in [0, 0.1) is 80.5 Å². The van der Waals surface area contributed by atoms with Gasteiger partial charge in [0, 0.05) is 52.4 Å². The van der Waals surface area contributed by atoms with Crippen molar-refractivity contribution in [1.82, 2.24) is 0 Å². The first-order chi connectivity index (χ1) is 3.72. The molecule has 0 aliphatic heterocycles. The van der Waals surface area contributed by atoms with E-state index in [1.165, 1.54) is 0 Å². The van der Waals surface area contributed by atoms with Gasteiger partial charge in [-0.15, -0.1) is 0 Å². The molecule has 0 saturated heterocycles. The molecule has 10 heavy (non-hydrogen) atoms. The smallest absolute Gasteiger partial charge is 0 e. The van der Waals surface area contributed by atoms with E-state index in [1.54, 1.807) is 0 Å². The normalized spacial score (nSPS) is 5.80. The van der Waals surface area contributed by atoms with E-state index in [0.29, 0.717) is 0 Å². The molecule has 0 bridgehead atoms. The van der Waals surface area contributed by atoms with Crippen LogP contribution in [-0.2, 0) is 63.9 Å². The first-order valence-electron chi connectivity index (χ1n) is 1.47. The zero-order chi connectivity index (χ0) is 6.57. The van der Waals surface area contributed by atoms with E-state index in [1.807, 2.05) is 0 Å². The molecule has 48 valence electrons. The molecule has 0 aliphatic rings. The van der Waals surface area contributed by atoms with Crippen LogP contribution in [0.5, 0.6) is 0 Å². The Morgan fingerprint density at radius 3 is 1.20 bits per heavy atom. The Morgan fingerprint density at radius 1 is 0.900 bits per heavy atom. The molecule has 0 radical (unpaired) electrons. The summed E-state index contributed by atoms with van der Waals surface area (Å²) >= 11 is 0.481. The number of rotatable bonds is 0. The van der Waals surface area contributed by atoms with Crippen molar-refractivity contribution in [2.75, 3.05) is 0 Å². The van der Waals surface area contributed by atoms with E-state index >= 15 is 0 Å². The molecule has 0 aromatic rings. The van der Waals surface area contributed by atoms with Crippen LogP contribution < -0.4 is 0 Å². The fraction of sp³-hybridized carbons (Fsp3) is 0. The van der Waals surface area contributed by atoms with Gasteiger partial charge >= 0.3 is 104 Å². The van der Waals surface area contributed by atoms with Crippen LogP contribution >= 0.6 is 0 Å². The van der Waals surface area contributed by atoms with Crippen LogP contribution in [-0.4, -0.2) is 11.9 Å². The molecule has 0 unspecified atom stereocenters. The van der Waals surface area contributed by atoms with Crippen LogP contribution in [0.25, 0.3) is 0 Å². The Balaban J connectivity index is -0.000000245. The molecule has 0 saturated carbocycles. The fourth-order valence-corrected chi connectivity index (χ4v) is 0.607. The van der Waals surface area contributed by atoms with Gasteiger partial charge in [-0.05, 0) is 0 Å². The van der Waals surface area contributed by atoms with E-state index in [2.05, 4.69) is 1.90 Å². The van der Waals surface area contributed by atoms with Crippen molar-refractivity contribution in [2.24, 2.45) is 0 Å². The molecule has 0 aliphatic carbocycles. The van der Waals surface area contributed by atoms with Crippen molar-refractivity contribution in [2.45, 2.75) is 0 Å². The summed E-state index contributed by atoms with van der Waals surface area (Å²) in [7, 11) is 0. The minimum absolute atomic E-state index is 0. The van der Waals surface area contributed by atoms with Crippen molar-refractivity contribution >= 4 is 11.9 Å². The molecule has 0 spiro atoms. The van der Waals surface area contributed by atoms with Crippen LogP contribution in [0.2, 0.25) is 0 Å². The first kappa shape index (κ1) is 19.1. The van der Waals surface area contributed by atoms with Gasteiger partial charge in [0.25, 0.3) is 0 Å². The van der Waals surface area contributed by atoms with Crippen molar-refractivity contribution in [3.05, 3.63) is 0 Å². The van der Waals surface area contributed by atoms with Gasteiger partial charge in [0.05, 0.1) is 0 Å². The van der Waals surface area contributed by atoms with E-state index in [9.17, 15) is 9.59 Å². The van der Waals surface area contributed by atoms with Gasteiger partial charge in [-0.3, -0.25) is 0 Å². The van der Waals surface area contributed by atoms with Gasteiger partial charge in [-0.1, -0.05) is 0 Å². The predicted molar refractivity (Wildman–Crippen MR) is 12.2 cm³/mol. The topological polar surface area (TPSA) is 52.6 Å². The quantitative estimate of drug-likeness (QED) is 0.363. The maximum Gasteiger partial charge on any atom is 0 e. The fourth-order valence-electron chi connectivity index (χ4n) is 0.0833. The van der Waals surface area contributed by atoms with Gasteiger partial charge in [0.1, 0.15) is 0 Å². The maximum atomic E-state index is 10.1. The molecule has 0 aromatic carbocycles. The summed E-state index contributed by atoms with van der Waals surface area (Å²) in [4.78, 5) is 20.2. The van der Waals surface area contributed by atoms with Gasteiger partial charge in [-0.25, -0.2) is 0 Å². The average Bonchev–Trinajstić information content (AvgIpc) is 1.84. The second kappa shape index (κ2) is 12.5. The van der Waals surface area contributed by atoms with Gasteiger partial charge in [0.2, 0.25) is 0 Å². The Morgan fingerprint density at radius 2 is 1.10 bits per heavy atom. The molecular weight excluding hydrogens is 551 g/mol. The van der Waals surface area contributed by atoms with Gasteiger partial charge in [0.15, 0.2) is 0 Å². The Kier molecular flexibility index (Phi) is 23.8. The van der Waals surface area contributed by atoms with Crippen molar-refractivity contribution in [3.8, 4) is 0 Å². The third kappa shape index (κ3) is 9.55. The molecule has 0 rings (SSSR count). The van der Waals surface area contributed by atoms with Gasteiger partial charge in [-0.2, -0.15) is 0 Å². The first-order valence-corrected chi connectivity index (χ1v) is 4.04. The summed E-state index contributed by atoms with van der Waals surface area (Å²) in [5.41, 5.74) is 0. The van der Waals surface area contributed by atoms with E-state index < -0.39 is 11.9 Å². The second-order valence-electron chi connectivity index (χ2n) is 0.779. The van der Waals surface area contributed by atoms with Crippen molar-refractivity contribution in [3.63, 3.8) is 0 Å². The maximum absolute atomic E-state index is 10.1. The number of carbonyl (C=O) groups excluding carboxylic acids is 2. The summed E-state index contributed by atoms with van der Waals surface area (Å²) in [6.07, 6.45) is 0. The SMILES string of the molecule is O=C([O][Ce])C(=O)[O][Ce].[Zr].[Zr]. The van der Waals surface area contributed by atoms with Crippen LogP contribution in [0.3, 0.4) is 0 Å². The largest absolute Gasteiger partial charge is 0 e. The molecule has 0 fully saturated rings. The monoisotopic (exact) mass is 548 g/mol. The molecule has 0 N–H and O–H groups in total. The third-order valence-electron chi connectivity index (χ3n) is 0.352. The zero-order valence-electron chi connectivity index (χ0n) is 4.63. The number of hydrogen-bond donors (Lipinski definition) is 0. The summed E-state index contributed by atoms with van der Waals surface area (Å²) in [5, 5.41) is 0. The summed E-state index contributed by atoms with van der Waals surface area (Å²) in [6, 6.07) is 0. The standard InChI is InChI=1S/C2H2O4.2Ce.2Zr/c3-1(4)2(5)6;;;;/h(H,3,4)(H,5,6);;;;/q;2*+1;;/p-2. The second-order valence-corrected chi connectivity index (χ2v) is 2.06. The third-order valence-corrected chi connectivity index (χ3v) is 1.52. The minimum Gasteiger partial charge on any atom is 0 e. The molecule has 0 amide bonds. The molecule has 0 aromatic heterocycles. The molecule has 0 atom stereocenters. The Bertz CT molecular complexity index is 104. The summed E-state index contributed by atoms with van der Waals surface area (Å²) < 4.78 is 8.30. The molecular formula is C2Ce2O4Zr2. The molecule has 8 heteroatoms. The number of carbonyl (C=O) groups is 2. The average molecular weight is 551 g/mol. The van der Waals surface area contributed by atoms with E-state index in [0.717, 1.165) is 0 Å². The van der Waals surface area contributed by atoms with Crippen LogP contribution in [0.1, 0.15) is 0 Å². The summed E-state index contributed by atoms with van der Waals surface area (Å²) in [5.74, 6) is -1.77. The Labute approximate surface area is 152 Å². The van der Waals surface area contributed by atoms with Crippen LogP contribution in [0.4, 0.5) is 0 Å². The van der Waals surface area contributed by atoms with Gasteiger partial charge < -0.3 is 0 Å². The molecule has 4 nitrogen and oxygen atoms in total. The summed E-state index contributed by atoms with van der Waals surface area (Å²) in [6.45, 7) is 0. The molecule has 0 heterocycles. The Hall–Kier alpha value is 3.46. The minimum atomic E-state index is -0.883. The predicted octanol–water partition coefficient (Wildman–Crippen LogP) is -1.00.